The van der Waals surface area contributed by atoms with Gasteiger partial charge in [-0.1, -0.05) is 17.7 Å². The lowest BCUT2D eigenvalue weighted by Gasteiger charge is -2.28. The van der Waals surface area contributed by atoms with Crippen LogP contribution in [0.4, 0.5) is 5.69 Å². The van der Waals surface area contributed by atoms with E-state index in [1.807, 2.05) is 0 Å². The Morgan fingerprint density at radius 3 is 2.42 bits per heavy atom. The van der Waals surface area contributed by atoms with Crippen molar-refractivity contribution in [3.8, 4) is 0 Å². The van der Waals surface area contributed by atoms with Gasteiger partial charge in [-0.05, 0) is 44.7 Å². The topological polar surface area (TPSA) is 40.5 Å². The molecule has 1 unspecified atom stereocenters. The molecule has 3 nitrogen and oxygen atoms in total. The van der Waals surface area contributed by atoms with Crippen LogP contribution in [0.25, 0.3) is 0 Å². The summed E-state index contributed by atoms with van der Waals surface area (Å²) in [6.45, 7) is 4.07. The van der Waals surface area contributed by atoms with E-state index in [2.05, 4.69) is 36.1 Å². The largest absolute Gasteiger partial charge is 0.510 e. The zero-order valence-corrected chi connectivity index (χ0v) is 11.4. The molecule has 1 aliphatic carbocycles. The maximum absolute atomic E-state index is 11.8. The standard InChI is InChI=1S/C16H19NO2/c1-10-3-7-13(8-4-10)17-9-14(19)15(11(2)18)16(17)12-5-6-12/h3-4,7-8,12,16,19H,5-6,9H2,1-2H3. The van der Waals surface area contributed by atoms with Gasteiger partial charge in [-0.25, -0.2) is 0 Å². The quantitative estimate of drug-likeness (QED) is 0.905. The van der Waals surface area contributed by atoms with Crippen molar-refractivity contribution in [3.05, 3.63) is 41.2 Å². The zero-order chi connectivity index (χ0) is 13.6. The number of carbonyl (C=O) groups is 1. The number of rotatable bonds is 3. The van der Waals surface area contributed by atoms with Crippen LogP contribution in [-0.2, 0) is 4.79 Å². The second-order valence-corrected chi connectivity index (χ2v) is 5.66. The van der Waals surface area contributed by atoms with E-state index in [9.17, 15) is 9.90 Å². The first-order valence-corrected chi connectivity index (χ1v) is 6.84. The number of Topliss-reactive ketones (excluding diaryl/α,β-unsaturated/α-hetero) is 1. The number of aliphatic hydroxyl groups excluding tert-OH is 1. The summed E-state index contributed by atoms with van der Waals surface area (Å²) < 4.78 is 0. The molecule has 1 aromatic carbocycles. The summed E-state index contributed by atoms with van der Waals surface area (Å²) >= 11 is 0. The normalized spacial score (nSPS) is 23.1. The number of anilines is 1. The number of nitrogens with zero attached hydrogens (tertiary/aromatic N) is 1. The molecule has 1 fully saturated rings. The van der Waals surface area contributed by atoms with Crippen molar-refractivity contribution in [3.63, 3.8) is 0 Å². The average Bonchev–Trinajstić information content (AvgIpc) is 3.13. The Balaban J connectivity index is 1.95. The molecule has 0 spiro atoms. The lowest BCUT2D eigenvalue weighted by atomic mass is 10.00. The van der Waals surface area contributed by atoms with Crippen LogP contribution in [0.3, 0.4) is 0 Å². The summed E-state index contributed by atoms with van der Waals surface area (Å²) in [7, 11) is 0. The number of aryl methyl sites for hydroxylation is 1. The van der Waals surface area contributed by atoms with Crippen LogP contribution in [0.5, 0.6) is 0 Å². The molecule has 0 saturated heterocycles. The van der Waals surface area contributed by atoms with Gasteiger partial charge >= 0.3 is 0 Å². The van der Waals surface area contributed by atoms with Gasteiger partial charge in [0.05, 0.1) is 18.2 Å². The Labute approximate surface area is 113 Å². The van der Waals surface area contributed by atoms with E-state index in [4.69, 9.17) is 0 Å². The molecule has 0 amide bonds. The third kappa shape index (κ3) is 2.14. The van der Waals surface area contributed by atoms with E-state index >= 15 is 0 Å². The van der Waals surface area contributed by atoms with Gasteiger partial charge in [0, 0.05) is 5.69 Å². The maximum atomic E-state index is 11.8. The third-order valence-electron chi connectivity index (χ3n) is 4.08. The van der Waals surface area contributed by atoms with Gasteiger partial charge in [0.25, 0.3) is 0 Å². The second kappa shape index (κ2) is 4.41. The monoisotopic (exact) mass is 257 g/mol. The van der Waals surface area contributed by atoms with Crippen molar-refractivity contribution in [2.75, 3.05) is 11.4 Å². The lowest BCUT2D eigenvalue weighted by molar-refractivity contribution is -0.114. The third-order valence-corrected chi connectivity index (χ3v) is 4.08. The van der Waals surface area contributed by atoms with E-state index < -0.39 is 0 Å². The lowest BCUT2D eigenvalue weighted by Crippen LogP contribution is -2.35. The van der Waals surface area contributed by atoms with Crippen LogP contribution in [-0.4, -0.2) is 23.5 Å². The van der Waals surface area contributed by atoms with Gasteiger partial charge in [0.1, 0.15) is 5.76 Å². The van der Waals surface area contributed by atoms with Crippen molar-refractivity contribution in [2.45, 2.75) is 32.7 Å². The van der Waals surface area contributed by atoms with E-state index in [-0.39, 0.29) is 17.6 Å². The van der Waals surface area contributed by atoms with E-state index in [1.54, 1.807) is 6.92 Å². The molecule has 1 atom stereocenters. The Hall–Kier alpha value is -1.77. The molecule has 19 heavy (non-hydrogen) atoms. The Morgan fingerprint density at radius 1 is 1.26 bits per heavy atom. The number of carbonyl (C=O) groups excluding carboxylic acids is 1. The van der Waals surface area contributed by atoms with Gasteiger partial charge in [-0.15, -0.1) is 0 Å². The molecule has 3 rings (SSSR count). The van der Waals surface area contributed by atoms with E-state index in [0.717, 1.165) is 18.5 Å². The summed E-state index contributed by atoms with van der Waals surface area (Å²) in [5, 5.41) is 10.1. The van der Waals surface area contributed by atoms with Crippen LogP contribution in [0.1, 0.15) is 25.3 Å². The summed E-state index contributed by atoms with van der Waals surface area (Å²) in [5.74, 6) is 0.777. The fourth-order valence-electron chi connectivity index (χ4n) is 2.97. The summed E-state index contributed by atoms with van der Waals surface area (Å²) in [6, 6.07) is 8.35. The summed E-state index contributed by atoms with van der Waals surface area (Å²) in [6.07, 6.45) is 2.30. The van der Waals surface area contributed by atoms with Gasteiger partial charge < -0.3 is 10.0 Å². The number of benzene rings is 1. The van der Waals surface area contributed by atoms with Gasteiger partial charge in [-0.3, -0.25) is 4.79 Å². The van der Waals surface area contributed by atoms with Gasteiger partial charge in [0.2, 0.25) is 0 Å². The molecule has 1 saturated carbocycles. The highest BCUT2D eigenvalue weighted by molar-refractivity contribution is 5.97. The van der Waals surface area contributed by atoms with Crippen molar-refractivity contribution in [1.29, 1.82) is 0 Å². The van der Waals surface area contributed by atoms with E-state index in [0.29, 0.717) is 18.0 Å². The molecule has 100 valence electrons. The first-order chi connectivity index (χ1) is 9.08. The molecule has 0 bridgehead atoms. The van der Waals surface area contributed by atoms with Gasteiger partial charge in [-0.2, -0.15) is 0 Å². The fraction of sp³-hybridized carbons (Fsp3) is 0.438. The highest BCUT2D eigenvalue weighted by Crippen LogP contribution is 2.44. The maximum Gasteiger partial charge on any atom is 0.161 e. The zero-order valence-electron chi connectivity index (χ0n) is 11.4. The van der Waals surface area contributed by atoms with Crippen LogP contribution in [0, 0.1) is 12.8 Å². The van der Waals surface area contributed by atoms with Crippen molar-refractivity contribution >= 4 is 11.5 Å². The van der Waals surface area contributed by atoms with Crippen LogP contribution < -0.4 is 4.90 Å². The Bertz CT molecular complexity index is 540. The minimum Gasteiger partial charge on any atom is -0.510 e. The van der Waals surface area contributed by atoms with Crippen molar-refractivity contribution < 1.29 is 9.90 Å². The number of hydrogen-bond acceptors (Lipinski definition) is 3. The number of ketones is 1. The predicted molar refractivity (Wildman–Crippen MR) is 75.4 cm³/mol. The SMILES string of the molecule is CC(=O)C1=C(O)CN(c2ccc(C)cc2)C1C1CC1. The first kappa shape index (κ1) is 12.3. The molecule has 1 aromatic rings. The van der Waals surface area contributed by atoms with Gasteiger partial charge in [0.15, 0.2) is 5.78 Å². The molecule has 0 aromatic heterocycles. The summed E-state index contributed by atoms with van der Waals surface area (Å²) in [5.41, 5.74) is 2.93. The molecule has 1 heterocycles. The molecular weight excluding hydrogens is 238 g/mol. The molecule has 2 aliphatic rings. The Morgan fingerprint density at radius 2 is 1.89 bits per heavy atom. The molecule has 1 aliphatic heterocycles. The average molecular weight is 257 g/mol. The molecule has 3 heteroatoms. The summed E-state index contributed by atoms with van der Waals surface area (Å²) in [4.78, 5) is 14.0. The van der Waals surface area contributed by atoms with Crippen molar-refractivity contribution in [2.24, 2.45) is 5.92 Å². The van der Waals surface area contributed by atoms with E-state index in [1.165, 1.54) is 5.56 Å². The highest BCUT2D eigenvalue weighted by Gasteiger charge is 2.44. The molecule has 1 N–H and O–H groups in total. The van der Waals surface area contributed by atoms with Crippen molar-refractivity contribution in [1.82, 2.24) is 0 Å². The smallest absolute Gasteiger partial charge is 0.161 e. The fourth-order valence-corrected chi connectivity index (χ4v) is 2.97. The minimum absolute atomic E-state index is 0.00371. The predicted octanol–water partition coefficient (Wildman–Crippen LogP) is 2.99. The first-order valence-electron chi connectivity index (χ1n) is 6.84. The molecular formula is C16H19NO2. The molecule has 0 radical (unpaired) electrons. The second-order valence-electron chi connectivity index (χ2n) is 5.66. The highest BCUT2D eigenvalue weighted by atomic mass is 16.3. The number of aliphatic hydroxyl groups is 1. The van der Waals surface area contributed by atoms with Crippen LogP contribution in [0.15, 0.2) is 35.6 Å². The van der Waals surface area contributed by atoms with Crippen LogP contribution >= 0.6 is 0 Å². The Kier molecular flexibility index (Phi) is 2.85. The number of hydrogen-bond donors (Lipinski definition) is 1. The van der Waals surface area contributed by atoms with Crippen LogP contribution in [0.2, 0.25) is 0 Å². The minimum atomic E-state index is 0.00371.